The van der Waals surface area contributed by atoms with Crippen molar-refractivity contribution in [3.05, 3.63) is 42.0 Å². The van der Waals surface area contributed by atoms with Crippen LogP contribution in [0.1, 0.15) is 17.2 Å². The molecule has 0 unspecified atom stereocenters. The Bertz CT molecular complexity index is 473. The Morgan fingerprint density at radius 1 is 1.25 bits per heavy atom. The molecule has 6 nitrogen and oxygen atoms in total. The van der Waals surface area contributed by atoms with E-state index < -0.39 is 36.8 Å². The van der Waals surface area contributed by atoms with E-state index >= 15 is 0 Å². The fourth-order valence-corrected chi connectivity index (χ4v) is 2.15. The first-order chi connectivity index (χ1) is 9.40. The third-order valence-electron chi connectivity index (χ3n) is 3.51. The van der Waals surface area contributed by atoms with Gasteiger partial charge in [-0.05, 0) is 11.1 Å². The van der Waals surface area contributed by atoms with Crippen LogP contribution in [0.4, 0.5) is 0 Å². The van der Waals surface area contributed by atoms with E-state index in [-0.39, 0.29) is 0 Å². The summed E-state index contributed by atoms with van der Waals surface area (Å²) in [7, 11) is 0. The molecule has 110 valence electrons. The number of hydrogen-bond donors (Lipinski definition) is 5. The summed E-state index contributed by atoms with van der Waals surface area (Å²) >= 11 is 0. The van der Waals surface area contributed by atoms with E-state index in [9.17, 15) is 25.5 Å². The average Bonchev–Trinajstić information content (AvgIpc) is 2.48. The molecule has 1 heterocycles. The van der Waals surface area contributed by atoms with Crippen molar-refractivity contribution < 1.29 is 30.3 Å². The van der Waals surface area contributed by atoms with Crippen molar-refractivity contribution in [1.29, 1.82) is 0 Å². The Morgan fingerprint density at radius 3 is 2.40 bits per heavy atom. The summed E-state index contributed by atoms with van der Waals surface area (Å²) in [6, 6.07) is 6.45. The third kappa shape index (κ3) is 2.49. The minimum atomic E-state index is -2.38. The highest BCUT2D eigenvalue weighted by molar-refractivity contribution is 5.47. The van der Waals surface area contributed by atoms with Crippen LogP contribution in [0, 0.1) is 0 Å². The van der Waals surface area contributed by atoms with Crippen molar-refractivity contribution >= 4 is 6.08 Å². The van der Waals surface area contributed by atoms with Gasteiger partial charge in [0, 0.05) is 0 Å². The smallest absolute Gasteiger partial charge is 0.226 e. The lowest BCUT2D eigenvalue weighted by atomic mass is 9.89. The summed E-state index contributed by atoms with van der Waals surface area (Å²) in [5.74, 6) is -2.38. The zero-order valence-electron chi connectivity index (χ0n) is 10.8. The second-order valence-corrected chi connectivity index (χ2v) is 4.84. The van der Waals surface area contributed by atoms with Crippen LogP contribution in [0.25, 0.3) is 6.08 Å². The van der Waals surface area contributed by atoms with Gasteiger partial charge in [-0.25, -0.2) is 0 Å². The van der Waals surface area contributed by atoms with Gasteiger partial charge in [0.05, 0.1) is 6.61 Å². The fourth-order valence-electron chi connectivity index (χ4n) is 2.15. The van der Waals surface area contributed by atoms with Gasteiger partial charge < -0.3 is 30.3 Å². The molecule has 6 heteroatoms. The van der Waals surface area contributed by atoms with E-state index in [0.717, 1.165) is 5.56 Å². The SMILES string of the molecule is C=Cc1ccc([C@@H](O)[C@@]2(O)OC[C@@H](O)[C@@H](O)[C@@H]2O)cc1. The van der Waals surface area contributed by atoms with Crippen molar-refractivity contribution in [2.75, 3.05) is 6.61 Å². The van der Waals surface area contributed by atoms with Gasteiger partial charge in [-0.15, -0.1) is 0 Å². The van der Waals surface area contributed by atoms with Crippen LogP contribution < -0.4 is 0 Å². The molecule has 1 fully saturated rings. The van der Waals surface area contributed by atoms with E-state index in [2.05, 4.69) is 6.58 Å². The zero-order valence-corrected chi connectivity index (χ0v) is 10.8. The van der Waals surface area contributed by atoms with Gasteiger partial charge in [0.25, 0.3) is 0 Å². The molecule has 1 aromatic carbocycles. The minimum absolute atomic E-state index is 0.306. The average molecular weight is 282 g/mol. The van der Waals surface area contributed by atoms with E-state index in [0.29, 0.717) is 5.56 Å². The predicted octanol–water partition coefficient (Wildman–Crippen LogP) is -0.836. The van der Waals surface area contributed by atoms with Crippen LogP contribution in [-0.4, -0.2) is 56.2 Å². The van der Waals surface area contributed by atoms with E-state index in [1.54, 1.807) is 30.3 Å². The lowest BCUT2D eigenvalue weighted by Gasteiger charge is -2.44. The maximum absolute atomic E-state index is 10.3. The highest BCUT2D eigenvalue weighted by Crippen LogP contribution is 2.35. The van der Waals surface area contributed by atoms with Crippen molar-refractivity contribution in [1.82, 2.24) is 0 Å². The summed E-state index contributed by atoms with van der Waals surface area (Å²) in [5.41, 5.74) is 1.13. The highest BCUT2D eigenvalue weighted by atomic mass is 16.7. The monoisotopic (exact) mass is 282 g/mol. The van der Waals surface area contributed by atoms with Crippen LogP contribution in [0.15, 0.2) is 30.8 Å². The molecule has 1 saturated heterocycles. The zero-order chi connectivity index (χ0) is 14.9. The molecular weight excluding hydrogens is 264 g/mol. The van der Waals surface area contributed by atoms with Crippen LogP contribution in [0.3, 0.4) is 0 Å². The van der Waals surface area contributed by atoms with Crippen LogP contribution in [0.2, 0.25) is 0 Å². The Morgan fingerprint density at radius 2 is 1.85 bits per heavy atom. The fraction of sp³-hybridized carbons (Fsp3) is 0.429. The molecule has 1 aliphatic heterocycles. The van der Waals surface area contributed by atoms with Gasteiger partial charge in [0.1, 0.15) is 24.4 Å². The lowest BCUT2D eigenvalue weighted by molar-refractivity contribution is -0.353. The van der Waals surface area contributed by atoms with Gasteiger partial charge in [-0.1, -0.05) is 36.9 Å². The number of benzene rings is 1. The van der Waals surface area contributed by atoms with Crippen LogP contribution >= 0.6 is 0 Å². The molecule has 0 radical (unpaired) electrons. The molecule has 1 aliphatic rings. The molecule has 20 heavy (non-hydrogen) atoms. The van der Waals surface area contributed by atoms with Crippen molar-refractivity contribution in [2.45, 2.75) is 30.2 Å². The normalized spacial score (nSPS) is 35.5. The maximum Gasteiger partial charge on any atom is 0.226 e. The van der Waals surface area contributed by atoms with Gasteiger partial charge in [0.2, 0.25) is 5.79 Å². The largest absolute Gasteiger partial charge is 0.388 e. The number of aliphatic hydroxyl groups is 5. The standard InChI is InChI=1S/C14H18O6/c1-2-8-3-5-9(6-4-8)12(17)14(19)13(18)11(16)10(15)7-20-14/h2-6,10-13,15-19H,1,7H2/t10-,11-,12-,13+,14-/m1/s1. The van der Waals surface area contributed by atoms with Gasteiger partial charge in [0.15, 0.2) is 0 Å². The number of hydrogen-bond acceptors (Lipinski definition) is 6. The molecule has 0 bridgehead atoms. The highest BCUT2D eigenvalue weighted by Gasteiger charge is 2.53. The summed E-state index contributed by atoms with van der Waals surface area (Å²) in [6.45, 7) is 3.21. The van der Waals surface area contributed by atoms with Crippen LogP contribution in [0.5, 0.6) is 0 Å². The third-order valence-corrected chi connectivity index (χ3v) is 3.51. The summed E-state index contributed by atoms with van der Waals surface area (Å²) in [5, 5.41) is 49.2. The predicted molar refractivity (Wildman–Crippen MR) is 70.4 cm³/mol. The Balaban J connectivity index is 2.25. The second-order valence-electron chi connectivity index (χ2n) is 4.84. The Hall–Kier alpha value is -1.28. The molecule has 0 aromatic heterocycles. The molecule has 2 rings (SSSR count). The first-order valence-corrected chi connectivity index (χ1v) is 6.21. The summed E-state index contributed by atoms with van der Waals surface area (Å²) in [6.07, 6.45) is -4.70. The second kappa shape index (κ2) is 5.61. The first-order valence-electron chi connectivity index (χ1n) is 6.21. The lowest BCUT2D eigenvalue weighted by Crippen LogP contribution is -2.63. The quantitative estimate of drug-likeness (QED) is 0.495. The molecule has 5 atom stereocenters. The molecule has 1 aromatic rings. The first kappa shape index (κ1) is 15.1. The molecule has 0 aliphatic carbocycles. The summed E-state index contributed by atoms with van der Waals surface area (Å²) < 4.78 is 4.96. The van der Waals surface area contributed by atoms with Gasteiger partial charge >= 0.3 is 0 Å². The van der Waals surface area contributed by atoms with Crippen molar-refractivity contribution in [3.8, 4) is 0 Å². The topological polar surface area (TPSA) is 110 Å². The van der Waals surface area contributed by atoms with Crippen molar-refractivity contribution in [3.63, 3.8) is 0 Å². The summed E-state index contributed by atoms with van der Waals surface area (Å²) in [4.78, 5) is 0. The van der Waals surface area contributed by atoms with Crippen LogP contribution in [-0.2, 0) is 4.74 Å². The number of rotatable bonds is 3. The Labute approximate surface area is 116 Å². The Kier molecular flexibility index (Phi) is 4.24. The number of ether oxygens (including phenoxy) is 1. The van der Waals surface area contributed by atoms with Gasteiger partial charge in [-0.3, -0.25) is 0 Å². The molecule has 0 amide bonds. The van der Waals surface area contributed by atoms with E-state index in [4.69, 9.17) is 4.74 Å². The molecule has 0 spiro atoms. The maximum atomic E-state index is 10.3. The van der Waals surface area contributed by atoms with E-state index in [1.807, 2.05) is 0 Å². The van der Waals surface area contributed by atoms with E-state index in [1.165, 1.54) is 0 Å². The number of aliphatic hydroxyl groups excluding tert-OH is 4. The molecule has 0 saturated carbocycles. The van der Waals surface area contributed by atoms with Gasteiger partial charge in [-0.2, -0.15) is 0 Å². The molecule has 5 N–H and O–H groups in total. The molecular formula is C14H18O6. The minimum Gasteiger partial charge on any atom is -0.388 e. The van der Waals surface area contributed by atoms with Crippen molar-refractivity contribution in [2.24, 2.45) is 0 Å².